The van der Waals surface area contributed by atoms with Crippen molar-refractivity contribution in [2.45, 2.75) is 19.8 Å². The molecule has 0 unspecified atom stereocenters. The van der Waals surface area contributed by atoms with Gasteiger partial charge < -0.3 is 15.3 Å². The van der Waals surface area contributed by atoms with Gasteiger partial charge in [-0.2, -0.15) is 4.98 Å². The molecule has 1 fully saturated rings. The fraction of sp³-hybridized carbons (Fsp3) is 0.353. The first-order chi connectivity index (χ1) is 11.5. The Balaban J connectivity index is 1.74. The number of anilines is 3. The van der Waals surface area contributed by atoms with E-state index in [2.05, 4.69) is 36.1 Å². The Kier molecular flexibility index (Phi) is 4.99. The molecular formula is C17H19BrN4O2. The van der Waals surface area contributed by atoms with Gasteiger partial charge in [0.1, 0.15) is 5.82 Å². The summed E-state index contributed by atoms with van der Waals surface area (Å²) < 4.78 is 1.01. The Bertz CT molecular complexity index is 728. The van der Waals surface area contributed by atoms with Crippen molar-refractivity contribution in [3.05, 3.63) is 40.5 Å². The number of benzene rings is 1. The van der Waals surface area contributed by atoms with Crippen LogP contribution in [0.4, 0.5) is 17.5 Å². The molecule has 3 rings (SSSR count). The van der Waals surface area contributed by atoms with E-state index >= 15 is 0 Å². The molecule has 126 valence electrons. The highest BCUT2D eigenvalue weighted by Crippen LogP contribution is 2.24. The van der Waals surface area contributed by atoms with Crippen LogP contribution in [0.5, 0.6) is 0 Å². The molecule has 1 saturated heterocycles. The van der Waals surface area contributed by atoms with Crippen LogP contribution in [-0.2, 0) is 4.79 Å². The predicted molar refractivity (Wildman–Crippen MR) is 96.8 cm³/mol. The number of hydrogen-bond donors (Lipinski definition) is 2. The van der Waals surface area contributed by atoms with E-state index in [4.69, 9.17) is 5.11 Å². The van der Waals surface area contributed by atoms with Crippen LogP contribution in [0.2, 0.25) is 0 Å². The molecule has 7 heteroatoms. The monoisotopic (exact) mass is 390 g/mol. The van der Waals surface area contributed by atoms with E-state index in [1.54, 1.807) is 0 Å². The summed E-state index contributed by atoms with van der Waals surface area (Å²) in [5.41, 5.74) is 1.79. The number of nitrogens with zero attached hydrogens (tertiary/aromatic N) is 3. The highest BCUT2D eigenvalue weighted by atomic mass is 79.9. The van der Waals surface area contributed by atoms with Gasteiger partial charge in [-0.15, -0.1) is 0 Å². The fourth-order valence-electron chi connectivity index (χ4n) is 2.79. The summed E-state index contributed by atoms with van der Waals surface area (Å²) >= 11 is 3.41. The quantitative estimate of drug-likeness (QED) is 0.830. The lowest BCUT2D eigenvalue weighted by Crippen LogP contribution is -2.36. The number of halogens is 1. The summed E-state index contributed by atoms with van der Waals surface area (Å²) in [6.45, 7) is 3.33. The van der Waals surface area contributed by atoms with Crippen LogP contribution in [-0.4, -0.2) is 34.1 Å². The van der Waals surface area contributed by atoms with Crippen LogP contribution in [0.15, 0.2) is 34.8 Å². The van der Waals surface area contributed by atoms with Gasteiger partial charge in [0, 0.05) is 35.0 Å². The van der Waals surface area contributed by atoms with Gasteiger partial charge in [-0.1, -0.05) is 15.9 Å². The number of aromatic nitrogens is 2. The number of hydrogen-bond acceptors (Lipinski definition) is 5. The van der Waals surface area contributed by atoms with Crippen molar-refractivity contribution in [1.82, 2.24) is 9.97 Å². The molecule has 24 heavy (non-hydrogen) atoms. The van der Waals surface area contributed by atoms with Crippen molar-refractivity contribution in [3.63, 3.8) is 0 Å². The second-order valence-electron chi connectivity index (χ2n) is 5.92. The Hall–Kier alpha value is -2.15. The Labute approximate surface area is 149 Å². The number of piperidine rings is 1. The molecule has 1 aliphatic rings. The third-order valence-electron chi connectivity index (χ3n) is 4.11. The molecule has 0 aliphatic carbocycles. The van der Waals surface area contributed by atoms with Crippen molar-refractivity contribution < 1.29 is 9.90 Å². The van der Waals surface area contributed by atoms with Gasteiger partial charge in [0.25, 0.3) is 0 Å². The van der Waals surface area contributed by atoms with Crippen molar-refractivity contribution >= 4 is 39.4 Å². The molecule has 2 heterocycles. The van der Waals surface area contributed by atoms with Crippen molar-refractivity contribution in [3.8, 4) is 0 Å². The number of rotatable bonds is 4. The maximum absolute atomic E-state index is 11.1. The van der Waals surface area contributed by atoms with Crippen LogP contribution >= 0.6 is 15.9 Å². The third-order valence-corrected chi connectivity index (χ3v) is 4.64. The van der Waals surface area contributed by atoms with Crippen LogP contribution in [0.3, 0.4) is 0 Å². The number of aryl methyl sites for hydroxylation is 1. The maximum Gasteiger partial charge on any atom is 0.306 e. The van der Waals surface area contributed by atoms with Crippen LogP contribution in [0, 0.1) is 12.8 Å². The molecule has 1 aromatic carbocycles. The van der Waals surface area contributed by atoms with E-state index in [9.17, 15) is 4.79 Å². The highest BCUT2D eigenvalue weighted by molar-refractivity contribution is 9.10. The Morgan fingerprint density at radius 3 is 2.54 bits per heavy atom. The van der Waals surface area contributed by atoms with Crippen LogP contribution in [0.1, 0.15) is 18.5 Å². The van der Waals surface area contributed by atoms with Crippen molar-refractivity contribution in [1.29, 1.82) is 0 Å². The highest BCUT2D eigenvalue weighted by Gasteiger charge is 2.25. The van der Waals surface area contributed by atoms with E-state index in [0.717, 1.165) is 21.7 Å². The van der Waals surface area contributed by atoms with E-state index in [1.165, 1.54) is 0 Å². The number of carboxylic acids is 1. The molecule has 6 nitrogen and oxygen atoms in total. The molecule has 0 spiro atoms. The predicted octanol–water partition coefficient (Wildman–Crippen LogP) is 3.59. The van der Waals surface area contributed by atoms with Gasteiger partial charge in [0.15, 0.2) is 0 Å². The van der Waals surface area contributed by atoms with Crippen molar-refractivity contribution in [2.24, 2.45) is 5.92 Å². The molecule has 2 N–H and O–H groups in total. The van der Waals surface area contributed by atoms with Gasteiger partial charge in [-0.3, -0.25) is 4.79 Å². The lowest BCUT2D eigenvalue weighted by molar-refractivity contribution is -0.142. The lowest BCUT2D eigenvalue weighted by atomic mass is 9.97. The first-order valence-electron chi connectivity index (χ1n) is 7.87. The molecular weight excluding hydrogens is 372 g/mol. The summed E-state index contributed by atoms with van der Waals surface area (Å²) in [5.74, 6) is 0.439. The zero-order valence-electron chi connectivity index (χ0n) is 13.4. The standard InChI is InChI=1S/C17H19BrN4O2/c1-11-10-15(22-8-6-12(7-9-22)16(23)24)21-17(19-11)20-14-4-2-13(18)3-5-14/h2-5,10,12H,6-9H2,1H3,(H,23,24)(H,19,20,21). The Morgan fingerprint density at radius 2 is 1.92 bits per heavy atom. The zero-order valence-corrected chi connectivity index (χ0v) is 15.0. The van der Waals surface area contributed by atoms with Crippen LogP contribution < -0.4 is 10.2 Å². The largest absolute Gasteiger partial charge is 0.481 e. The van der Waals surface area contributed by atoms with Gasteiger partial charge in [-0.05, 0) is 44.0 Å². The molecule has 0 radical (unpaired) electrons. The number of nitrogens with one attached hydrogen (secondary N) is 1. The molecule has 0 atom stereocenters. The van der Waals surface area contributed by atoms with E-state index in [0.29, 0.717) is 31.9 Å². The summed E-state index contributed by atoms with van der Waals surface area (Å²) in [5, 5.41) is 12.3. The minimum atomic E-state index is -0.703. The van der Waals surface area contributed by atoms with Gasteiger partial charge in [0.2, 0.25) is 5.95 Å². The summed E-state index contributed by atoms with van der Waals surface area (Å²) in [6.07, 6.45) is 1.29. The van der Waals surface area contributed by atoms with Gasteiger partial charge >= 0.3 is 5.97 Å². The average molecular weight is 391 g/mol. The minimum absolute atomic E-state index is 0.246. The first kappa shape index (κ1) is 16.7. The first-order valence-corrected chi connectivity index (χ1v) is 8.66. The zero-order chi connectivity index (χ0) is 17.1. The summed E-state index contributed by atoms with van der Waals surface area (Å²) in [7, 11) is 0. The average Bonchev–Trinajstić information content (AvgIpc) is 2.56. The molecule has 0 saturated carbocycles. The molecule has 1 aromatic heterocycles. The van der Waals surface area contributed by atoms with E-state index in [1.807, 2.05) is 37.3 Å². The summed E-state index contributed by atoms with van der Waals surface area (Å²) in [4.78, 5) is 22.2. The second kappa shape index (κ2) is 7.17. The number of carboxylic acid groups (broad SMARTS) is 1. The minimum Gasteiger partial charge on any atom is -0.481 e. The van der Waals surface area contributed by atoms with E-state index in [-0.39, 0.29) is 5.92 Å². The van der Waals surface area contributed by atoms with Gasteiger partial charge in [-0.25, -0.2) is 4.98 Å². The fourth-order valence-corrected chi connectivity index (χ4v) is 3.05. The van der Waals surface area contributed by atoms with E-state index < -0.39 is 5.97 Å². The molecule has 1 aliphatic heterocycles. The number of aliphatic carboxylic acids is 1. The summed E-state index contributed by atoms with van der Waals surface area (Å²) in [6, 6.07) is 9.75. The lowest BCUT2D eigenvalue weighted by Gasteiger charge is -2.31. The smallest absolute Gasteiger partial charge is 0.306 e. The number of carbonyl (C=O) groups is 1. The maximum atomic E-state index is 11.1. The topological polar surface area (TPSA) is 78.4 Å². The Morgan fingerprint density at radius 1 is 1.25 bits per heavy atom. The molecule has 0 amide bonds. The molecule has 0 bridgehead atoms. The van der Waals surface area contributed by atoms with Crippen molar-refractivity contribution in [2.75, 3.05) is 23.3 Å². The van der Waals surface area contributed by atoms with Crippen LogP contribution in [0.25, 0.3) is 0 Å². The molecule has 2 aromatic rings. The second-order valence-corrected chi connectivity index (χ2v) is 6.84. The van der Waals surface area contributed by atoms with Gasteiger partial charge in [0.05, 0.1) is 5.92 Å². The SMILES string of the molecule is Cc1cc(N2CCC(C(=O)O)CC2)nc(Nc2ccc(Br)cc2)n1. The normalized spacial score (nSPS) is 15.3. The third kappa shape index (κ3) is 4.03.